The molecule has 0 radical (unpaired) electrons. The topological polar surface area (TPSA) is 39.2 Å². The van der Waals surface area contributed by atoms with Crippen molar-refractivity contribution in [1.82, 2.24) is 0 Å². The number of fused-ring (bicyclic) bond motifs is 1. The molecule has 0 aliphatic carbocycles. The lowest BCUT2D eigenvalue weighted by atomic mass is 10.0. The van der Waals surface area contributed by atoms with Gasteiger partial charge in [0.05, 0.1) is 10.5 Å². The van der Waals surface area contributed by atoms with Crippen molar-refractivity contribution in [2.45, 2.75) is 13.0 Å². The highest BCUT2D eigenvalue weighted by molar-refractivity contribution is 9.10. The maximum absolute atomic E-state index is 13.6. The second-order valence-electron chi connectivity index (χ2n) is 4.76. The van der Waals surface area contributed by atoms with Gasteiger partial charge in [0.15, 0.2) is 0 Å². The Morgan fingerprint density at radius 3 is 2.70 bits per heavy atom. The van der Waals surface area contributed by atoms with Gasteiger partial charge < -0.3 is 10.2 Å². The van der Waals surface area contributed by atoms with Gasteiger partial charge in [0.1, 0.15) is 17.2 Å². The summed E-state index contributed by atoms with van der Waals surface area (Å²) in [6, 6.07) is 12.2. The fourth-order valence-electron chi connectivity index (χ4n) is 2.30. The highest BCUT2D eigenvalue weighted by Gasteiger charge is 2.18. The highest BCUT2D eigenvalue weighted by atomic mass is 79.9. The van der Waals surface area contributed by atoms with Crippen molar-refractivity contribution in [2.75, 3.05) is 0 Å². The normalized spacial score (nSPS) is 12.8. The minimum absolute atomic E-state index is 0.328. The number of hydrogen-bond donors (Lipinski definition) is 1. The summed E-state index contributed by atoms with van der Waals surface area (Å²) in [5.41, 5.74) is 8.76. The zero-order valence-corrected chi connectivity index (χ0v) is 12.4. The summed E-state index contributed by atoms with van der Waals surface area (Å²) < 4.78 is 19.8. The molecular formula is C16H13BrFNO. The van der Waals surface area contributed by atoms with Gasteiger partial charge in [-0.25, -0.2) is 4.39 Å². The van der Waals surface area contributed by atoms with E-state index in [9.17, 15) is 4.39 Å². The van der Waals surface area contributed by atoms with Gasteiger partial charge in [0.25, 0.3) is 0 Å². The average Bonchev–Trinajstić information content (AvgIpc) is 2.87. The van der Waals surface area contributed by atoms with E-state index in [0.717, 1.165) is 16.5 Å². The van der Waals surface area contributed by atoms with Crippen molar-refractivity contribution >= 4 is 26.9 Å². The molecule has 4 heteroatoms. The molecule has 2 N–H and O–H groups in total. The molecular weight excluding hydrogens is 321 g/mol. The van der Waals surface area contributed by atoms with Crippen molar-refractivity contribution in [1.29, 1.82) is 0 Å². The molecule has 0 spiro atoms. The van der Waals surface area contributed by atoms with Crippen LogP contribution >= 0.6 is 15.9 Å². The molecule has 3 rings (SSSR count). The van der Waals surface area contributed by atoms with Crippen LogP contribution in [-0.4, -0.2) is 0 Å². The summed E-state index contributed by atoms with van der Waals surface area (Å²) in [6.45, 7) is 1.99. The number of halogens is 2. The summed E-state index contributed by atoms with van der Waals surface area (Å²) in [5, 5.41) is 1.00. The van der Waals surface area contributed by atoms with Crippen LogP contribution in [0.25, 0.3) is 11.0 Å². The minimum Gasteiger partial charge on any atom is -0.459 e. The minimum atomic E-state index is -0.508. The van der Waals surface area contributed by atoms with E-state index in [-0.39, 0.29) is 5.82 Å². The SMILES string of the molecule is Cc1cccc2cc(C(N)c3cccc(F)c3Br)oc12. The van der Waals surface area contributed by atoms with Crippen molar-refractivity contribution in [3.63, 3.8) is 0 Å². The van der Waals surface area contributed by atoms with Crippen LogP contribution < -0.4 is 5.73 Å². The summed E-state index contributed by atoms with van der Waals surface area (Å²) in [7, 11) is 0. The number of aryl methyl sites for hydroxylation is 1. The number of rotatable bonds is 2. The van der Waals surface area contributed by atoms with Crippen molar-refractivity contribution in [3.8, 4) is 0 Å². The van der Waals surface area contributed by atoms with Gasteiger partial charge in [0, 0.05) is 5.39 Å². The lowest BCUT2D eigenvalue weighted by Crippen LogP contribution is -2.12. The van der Waals surface area contributed by atoms with Gasteiger partial charge in [-0.15, -0.1) is 0 Å². The van der Waals surface area contributed by atoms with E-state index in [0.29, 0.717) is 15.8 Å². The lowest BCUT2D eigenvalue weighted by molar-refractivity contribution is 0.520. The maximum atomic E-state index is 13.6. The molecule has 0 fully saturated rings. The van der Waals surface area contributed by atoms with Crippen molar-refractivity contribution in [3.05, 3.63) is 69.6 Å². The highest BCUT2D eigenvalue weighted by Crippen LogP contribution is 2.32. The molecule has 102 valence electrons. The standard InChI is InChI=1S/C16H13BrFNO/c1-9-4-2-5-10-8-13(20-16(9)10)15(19)11-6-3-7-12(18)14(11)17/h2-8,15H,19H2,1H3. The molecule has 1 aromatic heterocycles. The van der Waals surface area contributed by atoms with E-state index in [1.54, 1.807) is 12.1 Å². The molecule has 0 saturated carbocycles. The molecule has 0 saturated heterocycles. The molecule has 2 nitrogen and oxygen atoms in total. The molecule has 0 bridgehead atoms. The summed E-state index contributed by atoms with van der Waals surface area (Å²) in [6.07, 6.45) is 0. The fourth-order valence-corrected chi connectivity index (χ4v) is 2.81. The smallest absolute Gasteiger partial charge is 0.137 e. The lowest BCUT2D eigenvalue weighted by Gasteiger charge is -2.11. The van der Waals surface area contributed by atoms with Gasteiger partial charge in [-0.3, -0.25) is 0 Å². The summed E-state index contributed by atoms with van der Waals surface area (Å²) in [5.74, 6) is 0.297. The molecule has 1 heterocycles. The van der Waals surface area contributed by atoms with Gasteiger partial charge in [-0.05, 0) is 46.1 Å². The van der Waals surface area contributed by atoms with Crippen molar-refractivity contribution < 1.29 is 8.81 Å². The molecule has 20 heavy (non-hydrogen) atoms. The average molecular weight is 334 g/mol. The predicted octanol–water partition coefficient (Wildman–Crippen LogP) is 4.69. The summed E-state index contributed by atoms with van der Waals surface area (Å²) in [4.78, 5) is 0. The van der Waals surface area contributed by atoms with Gasteiger partial charge >= 0.3 is 0 Å². The van der Waals surface area contributed by atoms with Crippen LogP contribution in [0.15, 0.2) is 51.4 Å². The first kappa shape index (κ1) is 13.3. The van der Waals surface area contributed by atoms with E-state index in [2.05, 4.69) is 15.9 Å². The Morgan fingerprint density at radius 1 is 1.20 bits per heavy atom. The second-order valence-corrected chi connectivity index (χ2v) is 5.56. The van der Waals surface area contributed by atoms with Crippen LogP contribution in [0.1, 0.15) is 22.9 Å². The molecule has 3 aromatic rings. The Hall–Kier alpha value is -1.65. The van der Waals surface area contributed by atoms with Crippen LogP contribution in [0.4, 0.5) is 4.39 Å². The Bertz CT molecular complexity index is 781. The first-order chi connectivity index (χ1) is 9.58. The van der Waals surface area contributed by atoms with Crippen LogP contribution in [0, 0.1) is 12.7 Å². The van der Waals surface area contributed by atoms with Crippen LogP contribution in [-0.2, 0) is 0 Å². The van der Waals surface area contributed by atoms with E-state index in [1.807, 2.05) is 31.2 Å². The Kier molecular flexibility index (Phi) is 3.36. The molecule has 0 aliphatic heterocycles. The van der Waals surface area contributed by atoms with Crippen LogP contribution in [0.2, 0.25) is 0 Å². The second kappa shape index (κ2) is 5.04. The van der Waals surface area contributed by atoms with E-state index < -0.39 is 6.04 Å². The third-order valence-corrected chi connectivity index (χ3v) is 4.22. The number of benzene rings is 2. The van der Waals surface area contributed by atoms with Crippen LogP contribution in [0.3, 0.4) is 0 Å². The molecule has 1 atom stereocenters. The number of furan rings is 1. The van der Waals surface area contributed by atoms with Gasteiger partial charge in [0.2, 0.25) is 0 Å². The van der Waals surface area contributed by atoms with Crippen molar-refractivity contribution in [2.24, 2.45) is 5.73 Å². The van der Waals surface area contributed by atoms with E-state index in [1.165, 1.54) is 6.07 Å². The zero-order valence-electron chi connectivity index (χ0n) is 10.9. The Balaban J connectivity index is 2.10. The number of hydrogen-bond acceptors (Lipinski definition) is 2. The van der Waals surface area contributed by atoms with E-state index >= 15 is 0 Å². The third-order valence-electron chi connectivity index (χ3n) is 3.38. The zero-order chi connectivity index (χ0) is 14.3. The Morgan fingerprint density at radius 2 is 1.95 bits per heavy atom. The van der Waals surface area contributed by atoms with E-state index in [4.69, 9.17) is 10.2 Å². The van der Waals surface area contributed by atoms with Gasteiger partial charge in [-0.2, -0.15) is 0 Å². The van der Waals surface area contributed by atoms with Gasteiger partial charge in [-0.1, -0.05) is 30.3 Å². The fraction of sp³-hybridized carbons (Fsp3) is 0.125. The largest absolute Gasteiger partial charge is 0.459 e. The number of nitrogens with two attached hydrogens (primary N) is 1. The summed E-state index contributed by atoms with van der Waals surface area (Å²) >= 11 is 3.24. The monoisotopic (exact) mass is 333 g/mol. The quantitative estimate of drug-likeness (QED) is 0.738. The third kappa shape index (κ3) is 2.15. The first-order valence-electron chi connectivity index (χ1n) is 6.26. The Labute approximate surface area is 124 Å². The number of para-hydroxylation sites is 1. The predicted molar refractivity (Wildman–Crippen MR) is 81.1 cm³/mol. The molecule has 1 unspecified atom stereocenters. The molecule has 2 aromatic carbocycles. The maximum Gasteiger partial charge on any atom is 0.137 e. The first-order valence-corrected chi connectivity index (χ1v) is 7.06. The molecule has 0 amide bonds. The molecule has 0 aliphatic rings. The van der Waals surface area contributed by atoms with Crippen LogP contribution in [0.5, 0.6) is 0 Å².